The molecular weight excluding hydrogens is 286 g/mol. The molecule has 0 saturated heterocycles. The monoisotopic (exact) mass is 306 g/mol. The average Bonchev–Trinajstić information content (AvgIpc) is 2.39. The Hall–Kier alpha value is -1.05. The fourth-order valence-electron chi connectivity index (χ4n) is 1.95. The first kappa shape index (κ1) is 17.0. The molecule has 0 spiro atoms. The summed E-state index contributed by atoms with van der Waals surface area (Å²) in [5.41, 5.74) is 5.48. The Morgan fingerprint density at radius 1 is 1.25 bits per heavy atom. The molecule has 1 rings (SSSR count). The Labute approximate surface area is 118 Å². The molecule has 0 saturated carbocycles. The van der Waals surface area contributed by atoms with E-state index in [1.54, 1.807) is 0 Å². The van der Waals surface area contributed by atoms with Crippen molar-refractivity contribution in [1.82, 2.24) is 4.72 Å². The molecule has 0 aliphatic rings. The SMILES string of the molecule is CCCC(CCN)CNS(=O)(=O)c1ccc(F)c(F)c1. The largest absolute Gasteiger partial charge is 0.330 e. The average molecular weight is 306 g/mol. The van der Waals surface area contributed by atoms with Crippen LogP contribution in [0.25, 0.3) is 0 Å². The lowest BCUT2D eigenvalue weighted by Crippen LogP contribution is -2.30. The molecule has 1 aromatic rings. The molecule has 0 radical (unpaired) electrons. The van der Waals surface area contributed by atoms with E-state index in [4.69, 9.17) is 5.73 Å². The standard InChI is InChI=1S/C13H20F2N2O2S/c1-2-3-10(6-7-16)9-17-20(18,19)11-4-5-12(14)13(15)8-11/h4-5,8,10,17H,2-3,6-7,9,16H2,1H3. The molecule has 0 heterocycles. The highest BCUT2D eigenvalue weighted by molar-refractivity contribution is 7.89. The van der Waals surface area contributed by atoms with Gasteiger partial charge in [0.05, 0.1) is 4.90 Å². The van der Waals surface area contributed by atoms with Crippen LogP contribution in [0.4, 0.5) is 8.78 Å². The summed E-state index contributed by atoms with van der Waals surface area (Å²) in [5.74, 6) is -2.11. The minimum Gasteiger partial charge on any atom is -0.330 e. The third-order valence-electron chi connectivity index (χ3n) is 3.04. The zero-order valence-corrected chi connectivity index (χ0v) is 12.2. The van der Waals surface area contributed by atoms with Crippen molar-refractivity contribution in [2.24, 2.45) is 11.7 Å². The summed E-state index contributed by atoms with van der Waals surface area (Å²) in [4.78, 5) is -0.278. The van der Waals surface area contributed by atoms with Crippen molar-refractivity contribution in [3.05, 3.63) is 29.8 Å². The van der Waals surface area contributed by atoms with E-state index in [-0.39, 0.29) is 17.4 Å². The van der Waals surface area contributed by atoms with Gasteiger partial charge in [0, 0.05) is 6.54 Å². The highest BCUT2D eigenvalue weighted by Gasteiger charge is 2.18. The lowest BCUT2D eigenvalue weighted by atomic mass is 10.0. The predicted octanol–water partition coefficient (Wildman–Crippen LogP) is 2.01. The van der Waals surface area contributed by atoms with Gasteiger partial charge >= 0.3 is 0 Å². The van der Waals surface area contributed by atoms with Gasteiger partial charge in [0.1, 0.15) is 0 Å². The number of benzene rings is 1. The van der Waals surface area contributed by atoms with Crippen molar-refractivity contribution in [3.8, 4) is 0 Å². The number of nitrogens with one attached hydrogen (secondary N) is 1. The minimum atomic E-state index is -3.83. The fourth-order valence-corrected chi connectivity index (χ4v) is 3.07. The van der Waals surface area contributed by atoms with E-state index in [9.17, 15) is 17.2 Å². The third-order valence-corrected chi connectivity index (χ3v) is 4.46. The van der Waals surface area contributed by atoms with Gasteiger partial charge in [-0.25, -0.2) is 21.9 Å². The van der Waals surface area contributed by atoms with Crippen LogP contribution in [0.1, 0.15) is 26.2 Å². The predicted molar refractivity (Wildman–Crippen MR) is 73.6 cm³/mol. The van der Waals surface area contributed by atoms with Gasteiger partial charge in [0.15, 0.2) is 11.6 Å². The van der Waals surface area contributed by atoms with E-state index >= 15 is 0 Å². The summed E-state index contributed by atoms with van der Waals surface area (Å²) in [6, 6.07) is 2.52. The van der Waals surface area contributed by atoms with E-state index in [2.05, 4.69) is 4.72 Å². The summed E-state index contributed by atoms with van der Waals surface area (Å²) >= 11 is 0. The van der Waals surface area contributed by atoms with Crippen LogP contribution in [0.15, 0.2) is 23.1 Å². The molecule has 20 heavy (non-hydrogen) atoms. The van der Waals surface area contributed by atoms with Crippen molar-refractivity contribution in [2.45, 2.75) is 31.1 Å². The molecule has 7 heteroatoms. The van der Waals surface area contributed by atoms with Gasteiger partial charge in [0.25, 0.3) is 0 Å². The lowest BCUT2D eigenvalue weighted by Gasteiger charge is -2.16. The molecule has 1 atom stereocenters. The van der Waals surface area contributed by atoms with Crippen LogP contribution in [-0.2, 0) is 10.0 Å². The van der Waals surface area contributed by atoms with Crippen LogP contribution in [0.5, 0.6) is 0 Å². The summed E-state index contributed by atoms with van der Waals surface area (Å²) in [6.07, 6.45) is 2.50. The molecule has 4 nitrogen and oxygen atoms in total. The van der Waals surface area contributed by atoms with E-state index in [0.717, 1.165) is 25.0 Å². The summed E-state index contributed by atoms with van der Waals surface area (Å²) in [7, 11) is -3.83. The van der Waals surface area contributed by atoms with E-state index in [1.165, 1.54) is 0 Å². The maximum Gasteiger partial charge on any atom is 0.240 e. The van der Waals surface area contributed by atoms with Crippen molar-refractivity contribution in [3.63, 3.8) is 0 Å². The molecule has 0 aliphatic heterocycles. The first-order chi connectivity index (χ1) is 9.40. The van der Waals surface area contributed by atoms with Crippen LogP contribution in [-0.4, -0.2) is 21.5 Å². The number of rotatable bonds is 8. The molecule has 0 amide bonds. The normalized spacial score (nSPS) is 13.4. The smallest absolute Gasteiger partial charge is 0.240 e. The van der Waals surface area contributed by atoms with Crippen molar-refractivity contribution >= 4 is 10.0 Å². The molecule has 0 bridgehead atoms. The summed E-state index contributed by atoms with van der Waals surface area (Å²) in [6.45, 7) is 2.73. The second-order valence-corrected chi connectivity index (χ2v) is 6.43. The first-order valence-corrected chi connectivity index (χ1v) is 8.03. The zero-order valence-electron chi connectivity index (χ0n) is 11.4. The van der Waals surface area contributed by atoms with Gasteiger partial charge < -0.3 is 5.73 Å². The summed E-state index contributed by atoms with van der Waals surface area (Å²) in [5, 5.41) is 0. The zero-order chi connectivity index (χ0) is 15.2. The molecular formula is C13H20F2N2O2S. The molecule has 0 aromatic heterocycles. The number of sulfonamides is 1. The van der Waals surface area contributed by atoms with Crippen LogP contribution in [0.2, 0.25) is 0 Å². The Kier molecular flexibility index (Phi) is 6.51. The van der Waals surface area contributed by atoms with Gasteiger partial charge in [0.2, 0.25) is 10.0 Å². The Balaban J connectivity index is 2.75. The maximum absolute atomic E-state index is 13.1. The van der Waals surface area contributed by atoms with E-state index in [0.29, 0.717) is 19.0 Å². The number of halogens is 2. The molecule has 114 valence electrons. The van der Waals surface area contributed by atoms with Crippen LogP contribution in [0.3, 0.4) is 0 Å². The first-order valence-electron chi connectivity index (χ1n) is 6.55. The number of hydrogen-bond acceptors (Lipinski definition) is 3. The molecule has 1 aromatic carbocycles. The van der Waals surface area contributed by atoms with Gasteiger partial charge in [-0.2, -0.15) is 0 Å². The Morgan fingerprint density at radius 3 is 2.50 bits per heavy atom. The fraction of sp³-hybridized carbons (Fsp3) is 0.538. The summed E-state index contributed by atoms with van der Waals surface area (Å²) < 4.78 is 52.2. The van der Waals surface area contributed by atoms with Gasteiger partial charge in [-0.1, -0.05) is 13.3 Å². The second-order valence-electron chi connectivity index (χ2n) is 4.66. The van der Waals surface area contributed by atoms with Crippen molar-refractivity contribution < 1.29 is 17.2 Å². The van der Waals surface area contributed by atoms with Crippen molar-refractivity contribution in [2.75, 3.05) is 13.1 Å². The molecule has 0 fully saturated rings. The maximum atomic E-state index is 13.1. The van der Waals surface area contributed by atoms with Gasteiger partial charge in [-0.3, -0.25) is 0 Å². The Morgan fingerprint density at radius 2 is 1.95 bits per heavy atom. The van der Waals surface area contributed by atoms with Gasteiger partial charge in [-0.15, -0.1) is 0 Å². The third kappa shape index (κ3) is 4.81. The van der Waals surface area contributed by atoms with E-state index in [1.807, 2.05) is 6.92 Å². The molecule has 1 unspecified atom stereocenters. The van der Waals surface area contributed by atoms with Crippen LogP contribution in [0, 0.1) is 17.6 Å². The highest BCUT2D eigenvalue weighted by atomic mass is 32.2. The van der Waals surface area contributed by atoms with Gasteiger partial charge in [-0.05, 0) is 43.5 Å². The lowest BCUT2D eigenvalue weighted by molar-refractivity contribution is 0.443. The highest BCUT2D eigenvalue weighted by Crippen LogP contribution is 2.15. The number of nitrogens with two attached hydrogens (primary N) is 1. The van der Waals surface area contributed by atoms with Crippen LogP contribution < -0.4 is 10.5 Å². The molecule has 3 N–H and O–H groups in total. The second kappa shape index (κ2) is 7.66. The van der Waals surface area contributed by atoms with E-state index < -0.39 is 21.7 Å². The minimum absolute atomic E-state index is 0.144. The quantitative estimate of drug-likeness (QED) is 0.771. The van der Waals surface area contributed by atoms with Crippen molar-refractivity contribution in [1.29, 1.82) is 0 Å². The topological polar surface area (TPSA) is 72.2 Å². The van der Waals surface area contributed by atoms with Crippen LogP contribution >= 0.6 is 0 Å². The number of hydrogen-bond donors (Lipinski definition) is 2. The Bertz CT molecular complexity index is 529. The molecule has 0 aliphatic carbocycles.